The highest BCUT2D eigenvalue weighted by Crippen LogP contribution is 2.06. The summed E-state index contributed by atoms with van der Waals surface area (Å²) in [7, 11) is 1.87. The smallest absolute Gasteiger partial charge is 0.226 e. The van der Waals surface area contributed by atoms with Crippen molar-refractivity contribution < 1.29 is 14.4 Å². The Balaban J connectivity index is 4.23. The molecular weight excluding hydrogens is 252 g/mol. The number of aliphatic hydroxyl groups excluding tert-OH is 1. The predicted molar refractivity (Wildman–Crippen MR) is 84.5 cm³/mol. The highest BCUT2D eigenvalue weighted by molar-refractivity contribution is 5.77. The topological polar surface area (TPSA) is 40.5 Å². The van der Waals surface area contributed by atoms with Crippen LogP contribution in [0.5, 0.6) is 0 Å². The Morgan fingerprint density at radius 3 is 2.30 bits per heavy atom. The molecule has 0 aromatic heterocycles. The lowest BCUT2D eigenvalue weighted by molar-refractivity contribution is -0.924. The first-order valence-corrected chi connectivity index (χ1v) is 7.90. The number of carbonyl (C=O) groups excluding carboxylic acids is 1. The average Bonchev–Trinajstić information content (AvgIpc) is 2.47. The van der Waals surface area contributed by atoms with Gasteiger partial charge in [0.05, 0.1) is 32.8 Å². The normalized spacial score (nSPS) is 12.1. The third kappa shape index (κ3) is 7.06. The molecule has 0 bridgehead atoms. The molecule has 4 nitrogen and oxygen atoms in total. The summed E-state index contributed by atoms with van der Waals surface area (Å²) < 4.78 is 0.875. The van der Waals surface area contributed by atoms with Gasteiger partial charge in [-0.3, -0.25) is 4.79 Å². The number of carbonyl (C=O) groups is 1. The van der Waals surface area contributed by atoms with E-state index in [1.165, 1.54) is 0 Å². The first-order chi connectivity index (χ1) is 9.55. The van der Waals surface area contributed by atoms with Crippen LogP contribution in [0.15, 0.2) is 12.2 Å². The molecule has 0 heterocycles. The lowest BCUT2D eigenvalue weighted by Gasteiger charge is -2.37. The predicted octanol–water partition coefficient (Wildman–Crippen LogP) is 2.04. The van der Waals surface area contributed by atoms with Crippen LogP contribution in [-0.2, 0) is 4.79 Å². The first kappa shape index (κ1) is 19.1. The van der Waals surface area contributed by atoms with Crippen LogP contribution < -0.4 is 0 Å². The molecule has 0 fully saturated rings. The van der Waals surface area contributed by atoms with Crippen molar-refractivity contribution in [2.24, 2.45) is 0 Å². The number of unbranched alkanes of at least 4 members (excludes halogenated alkanes) is 1. The Kier molecular flexibility index (Phi) is 10.4. The molecule has 0 rings (SSSR count). The van der Waals surface area contributed by atoms with Crippen molar-refractivity contribution in [1.82, 2.24) is 4.90 Å². The second kappa shape index (κ2) is 10.9. The van der Waals surface area contributed by atoms with Gasteiger partial charge in [0.1, 0.15) is 6.54 Å². The van der Waals surface area contributed by atoms with E-state index in [2.05, 4.69) is 26.8 Å². The van der Waals surface area contributed by atoms with Crippen LogP contribution in [0.25, 0.3) is 0 Å². The average molecular weight is 285 g/mol. The van der Waals surface area contributed by atoms with Crippen LogP contribution in [-0.4, -0.2) is 66.8 Å². The summed E-state index contributed by atoms with van der Waals surface area (Å²) in [6, 6.07) is 0. The number of rotatable bonds is 11. The minimum Gasteiger partial charge on any atom is -0.391 e. The maximum atomic E-state index is 12.0. The Bertz CT molecular complexity index is 286. The van der Waals surface area contributed by atoms with Crippen molar-refractivity contribution in [3.05, 3.63) is 12.2 Å². The molecule has 20 heavy (non-hydrogen) atoms. The van der Waals surface area contributed by atoms with Gasteiger partial charge >= 0.3 is 0 Å². The van der Waals surface area contributed by atoms with Gasteiger partial charge in [0.15, 0.2) is 0 Å². The molecule has 0 aromatic carbocycles. The van der Waals surface area contributed by atoms with Gasteiger partial charge in [-0.05, 0) is 20.3 Å². The highest BCUT2D eigenvalue weighted by atomic mass is 16.3. The van der Waals surface area contributed by atoms with Gasteiger partial charge < -0.3 is 14.5 Å². The highest BCUT2D eigenvalue weighted by Gasteiger charge is 2.23. The minimum atomic E-state index is 0.173. The van der Waals surface area contributed by atoms with E-state index in [9.17, 15) is 9.90 Å². The largest absolute Gasteiger partial charge is 0.391 e. The molecule has 4 heteroatoms. The zero-order chi connectivity index (χ0) is 15.4. The van der Waals surface area contributed by atoms with Crippen LogP contribution in [0.1, 0.15) is 40.0 Å². The van der Waals surface area contributed by atoms with E-state index >= 15 is 0 Å². The van der Waals surface area contributed by atoms with Crippen molar-refractivity contribution in [3.8, 4) is 0 Å². The van der Waals surface area contributed by atoms with Gasteiger partial charge in [0, 0.05) is 13.5 Å². The van der Waals surface area contributed by atoms with Crippen LogP contribution >= 0.6 is 0 Å². The SMILES string of the molecule is CCC/C=C/CC(=O)N(C)CC[N+](CC)(CC)CCO. The molecule has 0 radical (unpaired) electrons. The maximum Gasteiger partial charge on any atom is 0.226 e. The number of quaternary nitrogens is 1. The second-order valence-corrected chi connectivity index (χ2v) is 5.42. The zero-order valence-corrected chi connectivity index (χ0v) is 13.8. The van der Waals surface area contributed by atoms with E-state index in [-0.39, 0.29) is 12.5 Å². The molecule has 0 saturated heterocycles. The summed E-state index contributed by atoms with van der Waals surface area (Å²) in [6.07, 6.45) is 6.70. The summed E-state index contributed by atoms with van der Waals surface area (Å²) in [5.41, 5.74) is 0. The summed E-state index contributed by atoms with van der Waals surface area (Å²) in [6.45, 7) is 11.1. The van der Waals surface area contributed by atoms with Gasteiger partial charge in [0.25, 0.3) is 0 Å². The van der Waals surface area contributed by atoms with E-state index in [0.29, 0.717) is 6.42 Å². The van der Waals surface area contributed by atoms with E-state index in [1.54, 1.807) is 0 Å². The van der Waals surface area contributed by atoms with Crippen LogP contribution in [0, 0.1) is 0 Å². The monoisotopic (exact) mass is 285 g/mol. The fourth-order valence-electron chi connectivity index (χ4n) is 2.29. The molecule has 0 saturated carbocycles. The number of hydrogen-bond acceptors (Lipinski definition) is 2. The summed E-state index contributed by atoms with van der Waals surface area (Å²) in [4.78, 5) is 13.8. The number of hydrogen-bond donors (Lipinski definition) is 1. The molecule has 0 unspecified atom stereocenters. The number of allylic oxidation sites excluding steroid dienone is 1. The summed E-state index contributed by atoms with van der Waals surface area (Å²) >= 11 is 0. The fraction of sp³-hybridized carbons (Fsp3) is 0.812. The van der Waals surface area contributed by atoms with E-state index < -0.39 is 0 Å². The molecule has 0 aliphatic heterocycles. The lowest BCUT2D eigenvalue weighted by atomic mass is 10.2. The molecule has 1 N–H and O–H groups in total. The standard InChI is InChI=1S/C16H33N2O2/c1-5-8-9-10-11-16(20)17(4)12-13-18(6-2,7-3)14-15-19/h9-10,19H,5-8,11-15H2,1-4H3/q+1/b10-9+. The van der Waals surface area contributed by atoms with E-state index in [0.717, 1.165) is 50.0 Å². The van der Waals surface area contributed by atoms with Crippen LogP contribution in [0.2, 0.25) is 0 Å². The number of nitrogens with zero attached hydrogens (tertiary/aromatic N) is 2. The fourth-order valence-corrected chi connectivity index (χ4v) is 2.29. The number of aliphatic hydroxyl groups is 1. The van der Waals surface area contributed by atoms with Crippen molar-refractivity contribution in [1.29, 1.82) is 0 Å². The quantitative estimate of drug-likeness (QED) is 0.466. The molecule has 118 valence electrons. The van der Waals surface area contributed by atoms with Crippen LogP contribution in [0.3, 0.4) is 0 Å². The second-order valence-electron chi connectivity index (χ2n) is 5.42. The third-order valence-corrected chi connectivity index (χ3v) is 4.17. The molecular formula is C16H33N2O2+. The van der Waals surface area contributed by atoms with Gasteiger partial charge in [-0.15, -0.1) is 0 Å². The van der Waals surface area contributed by atoms with Gasteiger partial charge in [-0.25, -0.2) is 0 Å². The minimum absolute atomic E-state index is 0.173. The molecule has 0 spiro atoms. The summed E-state index contributed by atoms with van der Waals surface area (Å²) in [5.74, 6) is 0.173. The lowest BCUT2D eigenvalue weighted by Crippen LogP contribution is -2.53. The third-order valence-electron chi connectivity index (χ3n) is 4.17. The Morgan fingerprint density at radius 2 is 1.80 bits per heavy atom. The van der Waals surface area contributed by atoms with Crippen molar-refractivity contribution >= 4 is 5.91 Å². The molecule has 0 aliphatic carbocycles. The number of likely N-dealkylation sites (N-methyl/N-ethyl adjacent to an activating group) is 2. The van der Waals surface area contributed by atoms with E-state index in [4.69, 9.17) is 0 Å². The van der Waals surface area contributed by atoms with Crippen LogP contribution in [0.4, 0.5) is 0 Å². The van der Waals surface area contributed by atoms with Gasteiger partial charge in [0.2, 0.25) is 5.91 Å². The van der Waals surface area contributed by atoms with Gasteiger partial charge in [-0.1, -0.05) is 25.5 Å². The molecule has 1 amide bonds. The molecule has 0 aliphatic rings. The molecule has 0 aromatic rings. The van der Waals surface area contributed by atoms with E-state index in [1.807, 2.05) is 18.0 Å². The van der Waals surface area contributed by atoms with Crippen molar-refractivity contribution in [2.75, 3.05) is 46.4 Å². The first-order valence-electron chi connectivity index (χ1n) is 7.90. The van der Waals surface area contributed by atoms with Gasteiger partial charge in [-0.2, -0.15) is 0 Å². The van der Waals surface area contributed by atoms with Crippen molar-refractivity contribution in [2.45, 2.75) is 40.0 Å². The zero-order valence-electron chi connectivity index (χ0n) is 13.8. The summed E-state index contributed by atoms with van der Waals surface area (Å²) in [5, 5.41) is 9.20. The molecule has 0 atom stereocenters. The Labute approximate surface area is 124 Å². The van der Waals surface area contributed by atoms with Crippen molar-refractivity contribution in [3.63, 3.8) is 0 Å². The number of amides is 1. The Hall–Kier alpha value is -0.870. The Morgan fingerprint density at radius 1 is 1.15 bits per heavy atom. The maximum absolute atomic E-state index is 12.0.